The van der Waals surface area contributed by atoms with Gasteiger partial charge >= 0.3 is 0 Å². The summed E-state index contributed by atoms with van der Waals surface area (Å²) < 4.78 is 0.709. The molecule has 1 aliphatic heterocycles. The number of halogens is 1. The molecule has 0 aromatic rings. The molecule has 2 unspecified atom stereocenters. The average molecular weight is 296 g/mol. The molecule has 0 bridgehead atoms. The number of nitrogens with one attached hydrogen (secondary N) is 1. The van der Waals surface area contributed by atoms with E-state index in [0.717, 1.165) is 26.1 Å². The molecule has 3 nitrogen and oxygen atoms in total. The van der Waals surface area contributed by atoms with Crippen molar-refractivity contribution in [2.75, 3.05) is 26.7 Å². The number of hydrogen-bond donors (Lipinski definition) is 1. The maximum atomic E-state index is 11.2. The molecule has 0 aliphatic carbocycles. The van der Waals surface area contributed by atoms with Gasteiger partial charge in [-0.05, 0) is 13.5 Å². The first-order valence-electron chi connectivity index (χ1n) is 4.69. The normalized spacial score (nSPS) is 29.0. The van der Waals surface area contributed by atoms with E-state index in [1.54, 1.807) is 6.92 Å². The van der Waals surface area contributed by atoms with E-state index in [1.807, 2.05) is 11.9 Å². The highest BCUT2D eigenvalue weighted by molar-refractivity contribution is 14.1. The highest BCUT2D eigenvalue weighted by atomic mass is 127. The van der Waals surface area contributed by atoms with E-state index in [-0.39, 0.29) is 5.91 Å². The van der Waals surface area contributed by atoms with Crippen molar-refractivity contribution in [1.82, 2.24) is 10.2 Å². The summed E-state index contributed by atoms with van der Waals surface area (Å²) >= 11 is 2.50. The maximum Gasteiger partial charge on any atom is 0.219 e. The van der Waals surface area contributed by atoms with Gasteiger partial charge in [0.2, 0.25) is 5.91 Å². The second kappa shape index (κ2) is 5.14. The third-order valence-electron chi connectivity index (χ3n) is 2.55. The van der Waals surface area contributed by atoms with Gasteiger partial charge in [0, 0.05) is 36.4 Å². The lowest BCUT2D eigenvalue weighted by Crippen LogP contribution is -2.46. The first kappa shape index (κ1) is 11.2. The average Bonchev–Trinajstić information content (AvgIpc) is 2.08. The molecular formula is C9H17IN2O. The van der Waals surface area contributed by atoms with E-state index in [4.69, 9.17) is 0 Å². The Bertz CT molecular complexity index is 186. The molecule has 1 aliphatic rings. The van der Waals surface area contributed by atoms with Crippen LogP contribution in [0.15, 0.2) is 0 Å². The summed E-state index contributed by atoms with van der Waals surface area (Å²) in [5, 5.41) is 3.18. The van der Waals surface area contributed by atoms with Crippen molar-refractivity contribution in [1.29, 1.82) is 0 Å². The number of piperidine rings is 1. The van der Waals surface area contributed by atoms with Gasteiger partial charge in [-0.2, -0.15) is 0 Å². The third-order valence-corrected chi connectivity index (χ3v) is 4.19. The zero-order valence-electron chi connectivity index (χ0n) is 8.22. The van der Waals surface area contributed by atoms with Crippen LogP contribution in [0.4, 0.5) is 0 Å². The first-order chi connectivity index (χ1) is 6.15. The zero-order valence-corrected chi connectivity index (χ0v) is 10.4. The molecule has 1 saturated heterocycles. The Hall–Kier alpha value is 0.160. The fourth-order valence-electron chi connectivity index (χ4n) is 1.74. The van der Waals surface area contributed by atoms with Crippen LogP contribution in [0.3, 0.4) is 0 Å². The fourth-order valence-corrected chi connectivity index (χ4v) is 2.50. The van der Waals surface area contributed by atoms with Crippen LogP contribution in [-0.4, -0.2) is 41.4 Å². The third kappa shape index (κ3) is 3.09. The predicted molar refractivity (Wildman–Crippen MR) is 62.1 cm³/mol. The smallest absolute Gasteiger partial charge is 0.219 e. The second-order valence-corrected chi connectivity index (χ2v) is 5.19. The number of carbonyl (C=O) groups excluding carboxylic acids is 1. The standard InChI is InChI=1S/C9H17IN2O/c1-7(13)12-4-3-9(10)8(6-12)5-11-2/h8-9,11H,3-6H2,1-2H3. The molecule has 0 saturated carbocycles. The second-order valence-electron chi connectivity index (χ2n) is 3.59. The summed E-state index contributed by atoms with van der Waals surface area (Å²) in [4.78, 5) is 13.1. The number of amides is 1. The number of likely N-dealkylation sites (tertiary alicyclic amines) is 1. The van der Waals surface area contributed by atoms with Gasteiger partial charge < -0.3 is 10.2 Å². The Morgan fingerprint density at radius 2 is 2.38 bits per heavy atom. The summed E-state index contributed by atoms with van der Waals surface area (Å²) in [7, 11) is 1.97. The van der Waals surface area contributed by atoms with Crippen molar-refractivity contribution in [3.8, 4) is 0 Å². The number of rotatable bonds is 2. The van der Waals surface area contributed by atoms with E-state index in [9.17, 15) is 4.79 Å². The predicted octanol–water partition coefficient (Wildman–Crippen LogP) is 0.878. The van der Waals surface area contributed by atoms with E-state index < -0.39 is 0 Å². The van der Waals surface area contributed by atoms with E-state index in [1.165, 1.54) is 0 Å². The van der Waals surface area contributed by atoms with Crippen LogP contribution in [0.5, 0.6) is 0 Å². The molecule has 1 fully saturated rings. The molecule has 76 valence electrons. The van der Waals surface area contributed by atoms with Crippen LogP contribution in [0.2, 0.25) is 0 Å². The molecular weight excluding hydrogens is 279 g/mol. The topological polar surface area (TPSA) is 32.3 Å². The van der Waals surface area contributed by atoms with E-state index >= 15 is 0 Å². The molecule has 13 heavy (non-hydrogen) atoms. The molecule has 0 spiro atoms. The Labute approximate surface area is 93.4 Å². The number of carbonyl (C=O) groups is 1. The Kier molecular flexibility index (Phi) is 4.45. The Morgan fingerprint density at radius 3 is 2.92 bits per heavy atom. The van der Waals surface area contributed by atoms with Crippen molar-refractivity contribution in [2.24, 2.45) is 5.92 Å². The quantitative estimate of drug-likeness (QED) is 0.606. The van der Waals surface area contributed by atoms with E-state index in [0.29, 0.717) is 9.84 Å². The van der Waals surface area contributed by atoms with Crippen molar-refractivity contribution < 1.29 is 4.79 Å². The van der Waals surface area contributed by atoms with Crippen molar-refractivity contribution in [3.05, 3.63) is 0 Å². The van der Waals surface area contributed by atoms with Crippen LogP contribution in [0.25, 0.3) is 0 Å². The monoisotopic (exact) mass is 296 g/mol. The molecule has 1 heterocycles. The van der Waals surface area contributed by atoms with E-state index in [2.05, 4.69) is 27.9 Å². The van der Waals surface area contributed by atoms with Gasteiger partial charge in [-0.15, -0.1) is 0 Å². The zero-order chi connectivity index (χ0) is 9.84. The lowest BCUT2D eigenvalue weighted by Gasteiger charge is -2.35. The maximum absolute atomic E-state index is 11.2. The SMILES string of the molecule is CNCC1CN(C(C)=O)CCC1I. The lowest BCUT2D eigenvalue weighted by atomic mass is 9.98. The number of nitrogens with zero attached hydrogens (tertiary/aromatic N) is 1. The first-order valence-corrected chi connectivity index (χ1v) is 5.94. The summed E-state index contributed by atoms with van der Waals surface area (Å²) in [6.07, 6.45) is 1.13. The van der Waals surface area contributed by atoms with Crippen molar-refractivity contribution in [3.63, 3.8) is 0 Å². The van der Waals surface area contributed by atoms with Gasteiger partial charge in [-0.25, -0.2) is 0 Å². The van der Waals surface area contributed by atoms with Gasteiger partial charge in [0.1, 0.15) is 0 Å². The molecule has 4 heteroatoms. The molecule has 1 N–H and O–H groups in total. The number of hydrogen-bond acceptors (Lipinski definition) is 2. The van der Waals surface area contributed by atoms with Crippen molar-refractivity contribution >= 4 is 28.5 Å². The lowest BCUT2D eigenvalue weighted by molar-refractivity contribution is -0.130. The minimum atomic E-state index is 0.212. The van der Waals surface area contributed by atoms with Crippen LogP contribution in [-0.2, 0) is 4.79 Å². The summed E-state index contributed by atoms with van der Waals surface area (Å²) in [6.45, 7) is 4.52. The molecule has 1 amide bonds. The largest absolute Gasteiger partial charge is 0.343 e. The van der Waals surface area contributed by atoms with Gasteiger partial charge in [-0.3, -0.25) is 4.79 Å². The van der Waals surface area contributed by atoms with Gasteiger partial charge in [0.15, 0.2) is 0 Å². The van der Waals surface area contributed by atoms with Crippen LogP contribution in [0.1, 0.15) is 13.3 Å². The number of alkyl halides is 1. The van der Waals surface area contributed by atoms with Crippen LogP contribution in [0, 0.1) is 5.92 Å². The molecule has 0 radical (unpaired) electrons. The molecule has 0 aromatic heterocycles. The van der Waals surface area contributed by atoms with Gasteiger partial charge in [0.05, 0.1) is 0 Å². The minimum absolute atomic E-state index is 0.212. The molecule has 2 atom stereocenters. The highest BCUT2D eigenvalue weighted by Crippen LogP contribution is 2.23. The molecule has 1 rings (SSSR count). The minimum Gasteiger partial charge on any atom is -0.343 e. The highest BCUT2D eigenvalue weighted by Gasteiger charge is 2.27. The molecule has 0 aromatic carbocycles. The van der Waals surface area contributed by atoms with Gasteiger partial charge in [0.25, 0.3) is 0 Å². The van der Waals surface area contributed by atoms with Crippen LogP contribution >= 0.6 is 22.6 Å². The summed E-state index contributed by atoms with van der Waals surface area (Å²) in [5.74, 6) is 0.827. The Balaban J connectivity index is 2.47. The van der Waals surface area contributed by atoms with Gasteiger partial charge in [-0.1, -0.05) is 22.6 Å². The van der Waals surface area contributed by atoms with Crippen LogP contribution < -0.4 is 5.32 Å². The Morgan fingerprint density at radius 1 is 1.69 bits per heavy atom. The van der Waals surface area contributed by atoms with Crippen molar-refractivity contribution in [2.45, 2.75) is 17.3 Å². The fraction of sp³-hybridized carbons (Fsp3) is 0.889. The summed E-state index contributed by atoms with van der Waals surface area (Å²) in [5.41, 5.74) is 0. The summed E-state index contributed by atoms with van der Waals surface area (Å²) in [6, 6.07) is 0.